The maximum Gasteiger partial charge on any atom is 0.254 e. The highest BCUT2D eigenvalue weighted by Crippen LogP contribution is 2.30. The second-order valence-electron chi connectivity index (χ2n) is 5.77. The van der Waals surface area contributed by atoms with Crippen molar-refractivity contribution in [1.82, 2.24) is 9.62 Å². The standard InChI is InChI=1S/C17H20N2O3S2/c1-2-18-24(21,22)16-9-5-13(6-10-16)17(20)19(14-7-8-14)12-15-4-3-11-23-15/h3-6,9-11,14,18H,2,7-8,12H2,1H3. The van der Waals surface area contributed by atoms with E-state index in [-0.39, 0.29) is 10.8 Å². The van der Waals surface area contributed by atoms with Crippen LogP contribution in [-0.4, -0.2) is 31.8 Å². The lowest BCUT2D eigenvalue weighted by atomic mass is 10.2. The van der Waals surface area contributed by atoms with Gasteiger partial charge < -0.3 is 4.90 Å². The van der Waals surface area contributed by atoms with Crippen molar-refractivity contribution in [2.75, 3.05) is 6.54 Å². The molecule has 1 saturated carbocycles. The van der Waals surface area contributed by atoms with Crippen molar-refractivity contribution in [3.63, 3.8) is 0 Å². The molecule has 3 rings (SSSR count). The lowest BCUT2D eigenvalue weighted by molar-refractivity contribution is 0.0731. The quantitative estimate of drug-likeness (QED) is 0.821. The molecule has 1 aromatic heterocycles. The third kappa shape index (κ3) is 3.85. The summed E-state index contributed by atoms with van der Waals surface area (Å²) in [4.78, 5) is 16.0. The van der Waals surface area contributed by atoms with E-state index in [2.05, 4.69) is 4.72 Å². The number of hydrogen-bond donors (Lipinski definition) is 1. The molecule has 1 aromatic carbocycles. The molecule has 0 atom stereocenters. The molecule has 24 heavy (non-hydrogen) atoms. The van der Waals surface area contributed by atoms with E-state index in [0.29, 0.717) is 24.7 Å². The number of benzene rings is 1. The summed E-state index contributed by atoms with van der Waals surface area (Å²) in [5.74, 6) is -0.0432. The second kappa shape index (κ2) is 7.04. The number of amides is 1. The van der Waals surface area contributed by atoms with Gasteiger partial charge in [0.1, 0.15) is 0 Å². The Labute approximate surface area is 146 Å². The van der Waals surface area contributed by atoms with E-state index in [9.17, 15) is 13.2 Å². The van der Waals surface area contributed by atoms with E-state index in [1.807, 2.05) is 22.4 Å². The first-order valence-corrected chi connectivity index (χ1v) is 10.3. The molecule has 1 heterocycles. The van der Waals surface area contributed by atoms with Gasteiger partial charge in [0.25, 0.3) is 5.91 Å². The van der Waals surface area contributed by atoms with Crippen LogP contribution in [0, 0.1) is 0 Å². The highest BCUT2D eigenvalue weighted by molar-refractivity contribution is 7.89. The van der Waals surface area contributed by atoms with Gasteiger partial charge in [0, 0.05) is 23.0 Å². The number of thiophene rings is 1. The van der Waals surface area contributed by atoms with E-state index in [1.165, 1.54) is 12.1 Å². The Bertz CT molecular complexity index is 795. The van der Waals surface area contributed by atoms with Crippen LogP contribution in [0.1, 0.15) is 35.0 Å². The summed E-state index contributed by atoms with van der Waals surface area (Å²) >= 11 is 1.64. The van der Waals surface area contributed by atoms with Gasteiger partial charge in [-0.2, -0.15) is 0 Å². The van der Waals surface area contributed by atoms with E-state index < -0.39 is 10.0 Å². The van der Waals surface area contributed by atoms with Crippen molar-refractivity contribution in [3.05, 3.63) is 52.2 Å². The first kappa shape index (κ1) is 17.1. The van der Waals surface area contributed by atoms with Crippen molar-refractivity contribution >= 4 is 27.3 Å². The number of nitrogens with zero attached hydrogens (tertiary/aromatic N) is 1. The highest BCUT2D eigenvalue weighted by atomic mass is 32.2. The predicted octanol–water partition coefficient (Wildman–Crippen LogP) is 2.85. The molecule has 1 fully saturated rings. The van der Waals surface area contributed by atoms with Crippen LogP contribution in [0.25, 0.3) is 0 Å². The van der Waals surface area contributed by atoms with Crippen LogP contribution in [0.3, 0.4) is 0 Å². The smallest absolute Gasteiger partial charge is 0.254 e. The van der Waals surface area contributed by atoms with Crippen molar-refractivity contribution in [3.8, 4) is 0 Å². The SMILES string of the molecule is CCNS(=O)(=O)c1ccc(C(=O)N(Cc2cccs2)C2CC2)cc1. The number of carbonyl (C=O) groups is 1. The Morgan fingerprint density at radius 3 is 2.50 bits per heavy atom. The summed E-state index contributed by atoms with van der Waals surface area (Å²) < 4.78 is 26.4. The first-order chi connectivity index (χ1) is 11.5. The molecule has 0 spiro atoms. The normalized spacial score (nSPS) is 14.5. The molecule has 2 aromatic rings. The summed E-state index contributed by atoms with van der Waals surface area (Å²) in [5.41, 5.74) is 0.522. The molecule has 0 radical (unpaired) electrons. The number of rotatable bonds is 7. The summed E-state index contributed by atoms with van der Waals surface area (Å²) in [6.07, 6.45) is 2.06. The van der Waals surface area contributed by atoms with Gasteiger partial charge in [0.05, 0.1) is 11.4 Å². The Kier molecular flexibility index (Phi) is 5.03. The molecule has 1 aliphatic rings. The molecule has 1 N–H and O–H groups in total. The van der Waals surface area contributed by atoms with Gasteiger partial charge in [0.15, 0.2) is 0 Å². The number of nitrogens with one attached hydrogen (secondary N) is 1. The van der Waals surface area contributed by atoms with E-state index >= 15 is 0 Å². The third-order valence-corrected chi connectivity index (χ3v) is 6.32. The Balaban J connectivity index is 1.78. The van der Waals surface area contributed by atoms with E-state index in [1.54, 1.807) is 30.4 Å². The fourth-order valence-corrected chi connectivity index (χ4v) is 4.28. The van der Waals surface area contributed by atoms with Gasteiger partial charge in [-0.25, -0.2) is 13.1 Å². The van der Waals surface area contributed by atoms with Crippen LogP contribution in [0.4, 0.5) is 0 Å². The van der Waals surface area contributed by atoms with Crippen LogP contribution in [-0.2, 0) is 16.6 Å². The maximum absolute atomic E-state index is 12.8. The summed E-state index contributed by atoms with van der Waals surface area (Å²) in [6.45, 7) is 2.67. The molecular formula is C17H20N2O3S2. The van der Waals surface area contributed by atoms with Gasteiger partial charge in [0.2, 0.25) is 10.0 Å². The summed E-state index contributed by atoms with van der Waals surface area (Å²) in [6, 6.07) is 10.5. The van der Waals surface area contributed by atoms with Crippen LogP contribution in [0.15, 0.2) is 46.7 Å². The Hall–Kier alpha value is -1.70. The van der Waals surface area contributed by atoms with Crippen molar-refractivity contribution < 1.29 is 13.2 Å². The Morgan fingerprint density at radius 2 is 1.96 bits per heavy atom. The minimum atomic E-state index is -3.49. The van der Waals surface area contributed by atoms with Gasteiger partial charge in [-0.3, -0.25) is 4.79 Å². The van der Waals surface area contributed by atoms with Gasteiger partial charge in [-0.05, 0) is 48.6 Å². The molecular weight excluding hydrogens is 344 g/mol. The minimum Gasteiger partial charge on any atom is -0.331 e. The number of carbonyl (C=O) groups excluding carboxylic acids is 1. The molecule has 0 aliphatic heterocycles. The second-order valence-corrected chi connectivity index (χ2v) is 8.57. The summed E-state index contributed by atoms with van der Waals surface area (Å²) in [5, 5.41) is 2.01. The lowest BCUT2D eigenvalue weighted by Gasteiger charge is -2.22. The molecule has 128 valence electrons. The third-order valence-electron chi connectivity index (χ3n) is 3.90. The molecule has 1 aliphatic carbocycles. The monoisotopic (exact) mass is 364 g/mol. The maximum atomic E-state index is 12.8. The van der Waals surface area contributed by atoms with Gasteiger partial charge in [-0.15, -0.1) is 11.3 Å². The van der Waals surface area contributed by atoms with Crippen LogP contribution in [0.5, 0.6) is 0 Å². The fraction of sp³-hybridized carbons (Fsp3) is 0.353. The largest absolute Gasteiger partial charge is 0.331 e. The average molecular weight is 364 g/mol. The topological polar surface area (TPSA) is 66.5 Å². The van der Waals surface area contributed by atoms with E-state index in [4.69, 9.17) is 0 Å². The van der Waals surface area contributed by atoms with Crippen molar-refractivity contribution in [1.29, 1.82) is 0 Å². The summed E-state index contributed by atoms with van der Waals surface area (Å²) in [7, 11) is -3.49. The average Bonchev–Trinajstić information content (AvgIpc) is 3.28. The molecule has 0 unspecified atom stereocenters. The van der Waals surface area contributed by atoms with Gasteiger partial charge in [-0.1, -0.05) is 13.0 Å². The van der Waals surface area contributed by atoms with Crippen LogP contribution in [0.2, 0.25) is 0 Å². The van der Waals surface area contributed by atoms with Crippen LogP contribution >= 0.6 is 11.3 Å². The van der Waals surface area contributed by atoms with Gasteiger partial charge >= 0.3 is 0 Å². The van der Waals surface area contributed by atoms with Crippen molar-refractivity contribution in [2.45, 2.75) is 37.2 Å². The number of hydrogen-bond acceptors (Lipinski definition) is 4. The minimum absolute atomic E-state index is 0.0432. The zero-order valence-electron chi connectivity index (χ0n) is 13.4. The first-order valence-electron chi connectivity index (χ1n) is 7.94. The molecule has 5 nitrogen and oxygen atoms in total. The van der Waals surface area contributed by atoms with Crippen LogP contribution < -0.4 is 4.72 Å². The molecule has 0 saturated heterocycles. The zero-order chi connectivity index (χ0) is 17.2. The Morgan fingerprint density at radius 1 is 1.25 bits per heavy atom. The lowest BCUT2D eigenvalue weighted by Crippen LogP contribution is -2.32. The highest BCUT2D eigenvalue weighted by Gasteiger charge is 2.33. The molecule has 7 heteroatoms. The fourth-order valence-electron chi connectivity index (χ4n) is 2.54. The van der Waals surface area contributed by atoms with Crippen molar-refractivity contribution in [2.24, 2.45) is 0 Å². The molecule has 0 bridgehead atoms. The number of sulfonamides is 1. The zero-order valence-corrected chi connectivity index (χ0v) is 15.1. The molecule has 1 amide bonds. The predicted molar refractivity (Wildman–Crippen MR) is 94.5 cm³/mol. The van der Waals surface area contributed by atoms with E-state index in [0.717, 1.165) is 17.7 Å².